The molecule has 4 heteroatoms. The van der Waals surface area contributed by atoms with Crippen LogP contribution in [0.5, 0.6) is 0 Å². The van der Waals surface area contributed by atoms with Crippen LogP contribution in [-0.4, -0.2) is 16.6 Å². The number of aryl methyl sites for hydroxylation is 1. The van der Waals surface area contributed by atoms with Crippen LogP contribution in [0.4, 0.5) is 4.39 Å². The van der Waals surface area contributed by atoms with Gasteiger partial charge in [-0.3, -0.25) is 0 Å². The molecule has 0 spiro atoms. The third-order valence-corrected chi connectivity index (χ3v) is 2.44. The van der Waals surface area contributed by atoms with Gasteiger partial charge in [0.1, 0.15) is 11.6 Å². The highest BCUT2D eigenvalue weighted by Crippen LogP contribution is 2.17. The summed E-state index contributed by atoms with van der Waals surface area (Å²) in [6.07, 6.45) is 0. The Kier molecular flexibility index (Phi) is 2.68. The maximum absolute atomic E-state index is 13.1. The molecule has 80 valence electrons. The minimum Gasteiger partial charge on any atom is -0.327 e. The highest BCUT2D eigenvalue weighted by Gasteiger charge is 2.08. The topological polar surface area (TPSA) is 29.9 Å². The zero-order valence-electron chi connectivity index (χ0n) is 8.92. The quantitative estimate of drug-likeness (QED) is 0.833. The Labute approximate surface area is 87.9 Å². The van der Waals surface area contributed by atoms with Gasteiger partial charge in [0.25, 0.3) is 0 Å². The molecular formula is C11H14FN3. The first kappa shape index (κ1) is 10.1. The highest BCUT2D eigenvalue weighted by molar-refractivity contribution is 5.76. The fourth-order valence-corrected chi connectivity index (χ4v) is 1.79. The summed E-state index contributed by atoms with van der Waals surface area (Å²) in [6.45, 7) is 3.53. The molecule has 0 atom stereocenters. The van der Waals surface area contributed by atoms with Gasteiger partial charge in [-0.05, 0) is 32.2 Å². The van der Waals surface area contributed by atoms with Gasteiger partial charge >= 0.3 is 0 Å². The van der Waals surface area contributed by atoms with Crippen molar-refractivity contribution in [3.63, 3.8) is 0 Å². The van der Waals surface area contributed by atoms with E-state index in [4.69, 9.17) is 0 Å². The number of imidazole rings is 1. The number of nitrogens with one attached hydrogen (secondary N) is 1. The summed E-state index contributed by atoms with van der Waals surface area (Å²) < 4.78 is 15.1. The molecule has 0 saturated carbocycles. The lowest BCUT2D eigenvalue weighted by Crippen LogP contribution is -2.11. The van der Waals surface area contributed by atoms with E-state index in [-0.39, 0.29) is 5.82 Å². The van der Waals surface area contributed by atoms with Crippen LogP contribution in [0.3, 0.4) is 0 Å². The summed E-state index contributed by atoms with van der Waals surface area (Å²) in [5, 5.41) is 3.06. The van der Waals surface area contributed by atoms with Crippen LogP contribution in [0.2, 0.25) is 0 Å². The Bertz CT molecular complexity index is 476. The third kappa shape index (κ3) is 1.72. The van der Waals surface area contributed by atoms with E-state index in [1.807, 2.05) is 18.5 Å². The predicted molar refractivity (Wildman–Crippen MR) is 58.1 cm³/mol. The first-order valence-electron chi connectivity index (χ1n) is 5.05. The van der Waals surface area contributed by atoms with E-state index < -0.39 is 0 Å². The van der Waals surface area contributed by atoms with E-state index >= 15 is 0 Å². The van der Waals surface area contributed by atoms with Gasteiger partial charge < -0.3 is 9.88 Å². The smallest absolute Gasteiger partial charge is 0.125 e. The van der Waals surface area contributed by atoms with Gasteiger partial charge in [-0.25, -0.2) is 9.37 Å². The third-order valence-electron chi connectivity index (χ3n) is 2.44. The van der Waals surface area contributed by atoms with Crippen molar-refractivity contribution in [2.24, 2.45) is 0 Å². The molecular weight excluding hydrogens is 193 g/mol. The number of benzene rings is 1. The molecule has 0 saturated heterocycles. The normalized spacial score (nSPS) is 11.1. The maximum Gasteiger partial charge on any atom is 0.125 e. The molecule has 0 radical (unpaired) electrons. The lowest BCUT2D eigenvalue weighted by molar-refractivity contribution is 0.626. The van der Waals surface area contributed by atoms with Gasteiger partial charge in [0.15, 0.2) is 0 Å². The van der Waals surface area contributed by atoms with Crippen molar-refractivity contribution in [1.82, 2.24) is 14.9 Å². The SMILES string of the molecule is CCn1c(CNC)nc2ccc(F)cc21. The molecule has 2 rings (SSSR count). The van der Waals surface area contributed by atoms with Crippen molar-refractivity contribution in [2.75, 3.05) is 7.05 Å². The summed E-state index contributed by atoms with van der Waals surface area (Å²) in [6, 6.07) is 4.69. The van der Waals surface area contributed by atoms with E-state index in [9.17, 15) is 4.39 Å². The van der Waals surface area contributed by atoms with Crippen LogP contribution in [0.25, 0.3) is 11.0 Å². The summed E-state index contributed by atoms with van der Waals surface area (Å²) in [7, 11) is 1.87. The molecule has 0 amide bonds. The minimum atomic E-state index is -0.215. The zero-order chi connectivity index (χ0) is 10.8. The minimum absolute atomic E-state index is 0.215. The van der Waals surface area contributed by atoms with Crippen molar-refractivity contribution >= 4 is 11.0 Å². The van der Waals surface area contributed by atoms with Gasteiger partial charge in [-0.1, -0.05) is 0 Å². The summed E-state index contributed by atoms with van der Waals surface area (Å²) in [4.78, 5) is 4.45. The first-order valence-corrected chi connectivity index (χ1v) is 5.05. The highest BCUT2D eigenvalue weighted by atomic mass is 19.1. The van der Waals surface area contributed by atoms with Crippen LogP contribution in [0, 0.1) is 5.82 Å². The summed E-state index contributed by atoms with van der Waals surface area (Å²) in [5.41, 5.74) is 1.71. The molecule has 1 aromatic carbocycles. The van der Waals surface area contributed by atoms with Crippen molar-refractivity contribution in [3.05, 3.63) is 29.8 Å². The Morgan fingerprint density at radius 2 is 2.27 bits per heavy atom. The number of nitrogens with zero attached hydrogens (tertiary/aromatic N) is 2. The number of aromatic nitrogens is 2. The van der Waals surface area contributed by atoms with E-state index in [0.29, 0.717) is 6.54 Å². The second kappa shape index (κ2) is 3.98. The van der Waals surface area contributed by atoms with Crippen molar-refractivity contribution in [3.8, 4) is 0 Å². The van der Waals surface area contributed by atoms with Crippen molar-refractivity contribution < 1.29 is 4.39 Å². The Morgan fingerprint density at radius 1 is 1.47 bits per heavy atom. The second-order valence-electron chi connectivity index (χ2n) is 3.44. The molecule has 0 aliphatic heterocycles. The number of hydrogen-bond donors (Lipinski definition) is 1. The van der Waals surface area contributed by atoms with E-state index in [2.05, 4.69) is 10.3 Å². The van der Waals surface area contributed by atoms with Crippen molar-refractivity contribution in [2.45, 2.75) is 20.0 Å². The lowest BCUT2D eigenvalue weighted by Gasteiger charge is -2.04. The maximum atomic E-state index is 13.1. The Hall–Kier alpha value is -1.42. The van der Waals surface area contributed by atoms with Gasteiger partial charge in [-0.2, -0.15) is 0 Å². The second-order valence-corrected chi connectivity index (χ2v) is 3.44. The molecule has 0 bridgehead atoms. The fourth-order valence-electron chi connectivity index (χ4n) is 1.79. The molecule has 0 aliphatic carbocycles. The van der Waals surface area contributed by atoms with Crippen molar-refractivity contribution in [1.29, 1.82) is 0 Å². The fraction of sp³-hybridized carbons (Fsp3) is 0.364. The standard InChI is InChI=1S/C11H14FN3/c1-3-15-10-6-8(12)4-5-9(10)14-11(15)7-13-2/h4-6,13H,3,7H2,1-2H3. The Balaban J connectivity index is 2.63. The molecule has 0 fully saturated rings. The lowest BCUT2D eigenvalue weighted by atomic mass is 10.3. The molecule has 1 aromatic heterocycles. The van der Waals surface area contributed by atoms with Crippen LogP contribution in [-0.2, 0) is 13.1 Å². The van der Waals surface area contributed by atoms with Crippen LogP contribution in [0.15, 0.2) is 18.2 Å². The average molecular weight is 207 g/mol. The van der Waals surface area contributed by atoms with Crippen LogP contribution in [0.1, 0.15) is 12.7 Å². The van der Waals surface area contributed by atoms with Gasteiger partial charge in [0, 0.05) is 6.54 Å². The van der Waals surface area contributed by atoms with E-state index in [1.54, 1.807) is 6.07 Å². The van der Waals surface area contributed by atoms with Crippen LogP contribution < -0.4 is 5.32 Å². The number of rotatable bonds is 3. The predicted octanol–water partition coefficient (Wildman–Crippen LogP) is 1.91. The van der Waals surface area contributed by atoms with Gasteiger partial charge in [-0.15, -0.1) is 0 Å². The molecule has 0 aliphatic rings. The summed E-state index contributed by atoms with van der Waals surface area (Å²) in [5.74, 6) is 0.730. The molecule has 2 aromatic rings. The number of fused-ring (bicyclic) bond motifs is 1. The number of hydrogen-bond acceptors (Lipinski definition) is 2. The molecule has 1 N–H and O–H groups in total. The van der Waals surface area contributed by atoms with E-state index in [0.717, 1.165) is 23.4 Å². The first-order chi connectivity index (χ1) is 7.26. The van der Waals surface area contributed by atoms with Crippen LogP contribution >= 0.6 is 0 Å². The zero-order valence-corrected chi connectivity index (χ0v) is 8.92. The molecule has 15 heavy (non-hydrogen) atoms. The number of halogens is 1. The van der Waals surface area contributed by atoms with E-state index in [1.165, 1.54) is 12.1 Å². The van der Waals surface area contributed by atoms with Gasteiger partial charge in [0.05, 0.1) is 17.6 Å². The average Bonchev–Trinajstić information content (AvgIpc) is 2.55. The van der Waals surface area contributed by atoms with Gasteiger partial charge in [0.2, 0.25) is 0 Å². The molecule has 3 nitrogen and oxygen atoms in total. The molecule has 0 unspecified atom stereocenters. The summed E-state index contributed by atoms with van der Waals surface area (Å²) >= 11 is 0. The molecule has 1 heterocycles. The Morgan fingerprint density at radius 3 is 2.93 bits per heavy atom. The monoisotopic (exact) mass is 207 g/mol. The largest absolute Gasteiger partial charge is 0.327 e.